The van der Waals surface area contributed by atoms with Crippen molar-refractivity contribution in [3.8, 4) is 0 Å². The lowest BCUT2D eigenvalue weighted by atomic mass is 9.98. The van der Waals surface area contributed by atoms with E-state index in [9.17, 15) is 18.0 Å². The van der Waals surface area contributed by atoms with E-state index in [-0.39, 0.29) is 29.8 Å². The average Bonchev–Trinajstić information content (AvgIpc) is 3.35. The number of carbonyl (C=O) groups is 1. The van der Waals surface area contributed by atoms with Gasteiger partial charge in [0.1, 0.15) is 17.1 Å². The second-order valence-corrected chi connectivity index (χ2v) is 7.41. The number of nitrogens with zero attached hydrogens (tertiary/aromatic N) is 3. The summed E-state index contributed by atoms with van der Waals surface area (Å²) in [6.45, 7) is 2.64. The molecule has 152 valence electrons. The Labute approximate surface area is 160 Å². The first-order valence-corrected chi connectivity index (χ1v) is 9.65. The molecule has 1 saturated heterocycles. The molecular formula is C19H23F3N4O2. The predicted octanol–water partition coefficient (Wildman–Crippen LogP) is 4.54. The van der Waals surface area contributed by atoms with Crippen molar-refractivity contribution in [3.05, 3.63) is 35.9 Å². The molecule has 4 rings (SSSR count). The van der Waals surface area contributed by atoms with Gasteiger partial charge in [-0.2, -0.15) is 18.3 Å². The van der Waals surface area contributed by atoms with Gasteiger partial charge in [-0.3, -0.25) is 4.79 Å². The Morgan fingerprint density at radius 1 is 1.39 bits per heavy atom. The minimum Gasteiger partial charge on any atom is -0.467 e. The Hall–Kier alpha value is -2.45. The Morgan fingerprint density at radius 2 is 2.21 bits per heavy atom. The molecule has 0 spiro atoms. The first kappa shape index (κ1) is 18.9. The number of amides is 1. The quantitative estimate of drug-likeness (QED) is 0.827. The summed E-state index contributed by atoms with van der Waals surface area (Å²) in [5.74, 6) is 0.256. The fraction of sp³-hybridized carbons (Fsp3) is 0.579. The van der Waals surface area contributed by atoms with E-state index in [1.165, 1.54) is 12.5 Å². The molecule has 1 N–H and O–H groups in total. The predicted molar refractivity (Wildman–Crippen MR) is 96.0 cm³/mol. The third kappa shape index (κ3) is 3.27. The van der Waals surface area contributed by atoms with E-state index < -0.39 is 18.3 Å². The topological polar surface area (TPSA) is 63.3 Å². The van der Waals surface area contributed by atoms with Crippen molar-refractivity contribution in [2.24, 2.45) is 0 Å². The highest BCUT2D eigenvalue weighted by molar-refractivity contribution is 5.99. The number of halogens is 3. The van der Waals surface area contributed by atoms with Gasteiger partial charge in [0.2, 0.25) is 0 Å². The number of furan rings is 1. The summed E-state index contributed by atoms with van der Waals surface area (Å²) in [5.41, 5.74) is 0.186. The van der Waals surface area contributed by atoms with Gasteiger partial charge in [0.15, 0.2) is 6.04 Å². The second-order valence-electron chi connectivity index (χ2n) is 7.41. The molecule has 6 nitrogen and oxygen atoms in total. The number of fused-ring (bicyclic) bond motifs is 1. The van der Waals surface area contributed by atoms with E-state index in [1.807, 2.05) is 6.92 Å². The highest BCUT2D eigenvalue weighted by atomic mass is 19.4. The molecule has 0 bridgehead atoms. The van der Waals surface area contributed by atoms with Crippen LogP contribution >= 0.6 is 0 Å². The molecule has 2 aromatic rings. The number of alkyl halides is 3. The van der Waals surface area contributed by atoms with Crippen LogP contribution in [0.4, 0.5) is 19.0 Å². The first-order chi connectivity index (χ1) is 13.4. The van der Waals surface area contributed by atoms with Gasteiger partial charge in [0.25, 0.3) is 5.91 Å². The maximum atomic E-state index is 13.7. The van der Waals surface area contributed by atoms with Crippen LogP contribution < -0.4 is 5.32 Å². The van der Waals surface area contributed by atoms with Crippen molar-refractivity contribution in [2.45, 2.75) is 63.3 Å². The van der Waals surface area contributed by atoms with Crippen molar-refractivity contribution >= 4 is 11.7 Å². The van der Waals surface area contributed by atoms with E-state index in [2.05, 4.69) is 10.4 Å². The standard InChI is InChI=1S/C19H23F3N4O2/c1-2-12-6-3-4-8-25(12)18(27)13-11-23-26-16(19(20,21)22)10-14(24-17(13)26)15-7-5-9-28-15/h5,7,9,11-12,14,16,24H,2-4,6,8,10H2,1H3/t12-,14+,16-/m1/s1. The molecule has 1 amide bonds. The van der Waals surface area contributed by atoms with Gasteiger partial charge in [0.05, 0.1) is 18.5 Å². The molecule has 2 aromatic heterocycles. The summed E-state index contributed by atoms with van der Waals surface area (Å²) in [6.07, 6.45) is 1.66. The first-order valence-electron chi connectivity index (χ1n) is 9.65. The summed E-state index contributed by atoms with van der Waals surface area (Å²) in [6, 6.07) is 0.886. The van der Waals surface area contributed by atoms with Gasteiger partial charge in [-0.25, -0.2) is 4.68 Å². The zero-order chi connectivity index (χ0) is 19.9. The minimum absolute atomic E-state index is 0.111. The summed E-state index contributed by atoms with van der Waals surface area (Å²) < 4.78 is 47.3. The van der Waals surface area contributed by atoms with Crippen LogP contribution in [-0.2, 0) is 0 Å². The van der Waals surface area contributed by atoms with Gasteiger partial charge >= 0.3 is 6.18 Å². The Balaban J connectivity index is 1.70. The molecule has 2 aliphatic heterocycles. The molecule has 28 heavy (non-hydrogen) atoms. The lowest BCUT2D eigenvalue weighted by Crippen LogP contribution is -2.44. The molecule has 0 unspecified atom stereocenters. The Morgan fingerprint density at radius 3 is 2.89 bits per heavy atom. The zero-order valence-corrected chi connectivity index (χ0v) is 15.6. The minimum atomic E-state index is -4.48. The molecule has 4 heterocycles. The summed E-state index contributed by atoms with van der Waals surface area (Å²) in [4.78, 5) is 15.0. The maximum absolute atomic E-state index is 13.7. The van der Waals surface area contributed by atoms with Crippen LogP contribution in [0.15, 0.2) is 29.0 Å². The SMILES string of the molecule is CC[C@@H]1CCCCN1C(=O)c1cnn2c1N[C@H](c1ccco1)C[C@@H]2C(F)(F)F. The number of piperidine rings is 1. The highest BCUT2D eigenvalue weighted by Gasteiger charge is 2.48. The average molecular weight is 396 g/mol. The molecule has 0 radical (unpaired) electrons. The molecule has 2 aliphatic rings. The van der Waals surface area contributed by atoms with Crippen LogP contribution in [0.3, 0.4) is 0 Å². The monoisotopic (exact) mass is 396 g/mol. The van der Waals surface area contributed by atoms with Crippen LogP contribution in [0.1, 0.15) is 67.2 Å². The van der Waals surface area contributed by atoms with E-state index in [4.69, 9.17) is 4.42 Å². The van der Waals surface area contributed by atoms with E-state index >= 15 is 0 Å². The van der Waals surface area contributed by atoms with E-state index in [1.54, 1.807) is 17.0 Å². The van der Waals surface area contributed by atoms with Crippen LogP contribution in [0, 0.1) is 0 Å². The van der Waals surface area contributed by atoms with Crippen molar-refractivity contribution in [1.82, 2.24) is 14.7 Å². The smallest absolute Gasteiger partial charge is 0.410 e. The van der Waals surface area contributed by atoms with E-state index in [0.29, 0.717) is 12.3 Å². The number of hydrogen-bond acceptors (Lipinski definition) is 4. The lowest BCUT2D eigenvalue weighted by molar-refractivity contribution is -0.174. The molecule has 0 aliphatic carbocycles. The second kappa shape index (κ2) is 7.18. The zero-order valence-electron chi connectivity index (χ0n) is 15.6. The van der Waals surface area contributed by atoms with Crippen molar-refractivity contribution in [1.29, 1.82) is 0 Å². The molecule has 0 aromatic carbocycles. The third-order valence-electron chi connectivity index (χ3n) is 5.71. The number of rotatable bonds is 3. The molecule has 3 atom stereocenters. The van der Waals surface area contributed by atoms with Gasteiger partial charge in [-0.05, 0) is 37.8 Å². The van der Waals surface area contributed by atoms with Gasteiger partial charge in [0, 0.05) is 19.0 Å². The summed E-state index contributed by atoms with van der Waals surface area (Å²) in [5, 5.41) is 7.01. The largest absolute Gasteiger partial charge is 0.467 e. The van der Waals surface area contributed by atoms with Gasteiger partial charge in [-0.1, -0.05) is 6.92 Å². The summed E-state index contributed by atoms with van der Waals surface area (Å²) in [7, 11) is 0. The summed E-state index contributed by atoms with van der Waals surface area (Å²) >= 11 is 0. The number of aromatic nitrogens is 2. The number of hydrogen-bond donors (Lipinski definition) is 1. The molecule has 9 heteroatoms. The van der Waals surface area contributed by atoms with Gasteiger partial charge < -0.3 is 14.6 Å². The number of carbonyl (C=O) groups excluding carboxylic acids is 1. The molecule has 0 saturated carbocycles. The van der Waals surface area contributed by atoms with Gasteiger partial charge in [-0.15, -0.1) is 0 Å². The fourth-order valence-corrected chi connectivity index (χ4v) is 4.24. The molecule has 1 fully saturated rings. The van der Waals surface area contributed by atoms with Crippen LogP contribution in [0.2, 0.25) is 0 Å². The van der Waals surface area contributed by atoms with Crippen LogP contribution in [0.25, 0.3) is 0 Å². The normalized spacial score (nSPS) is 25.3. The fourth-order valence-electron chi connectivity index (χ4n) is 4.24. The van der Waals surface area contributed by atoms with Crippen molar-refractivity contribution in [2.75, 3.05) is 11.9 Å². The molecular weight excluding hydrogens is 373 g/mol. The Bertz CT molecular complexity index is 831. The van der Waals surface area contributed by atoms with Crippen LogP contribution in [-0.4, -0.2) is 39.4 Å². The Kier molecular flexibility index (Phi) is 4.84. The third-order valence-corrected chi connectivity index (χ3v) is 5.71. The van der Waals surface area contributed by atoms with Crippen LogP contribution in [0.5, 0.6) is 0 Å². The number of likely N-dealkylation sites (tertiary alicyclic amines) is 1. The number of anilines is 1. The van der Waals surface area contributed by atoms with E-state index in [0.717, 1.165) is 30.4 Å². The van der Waals surface area contributed by atoms with Crippen molar-refractivity contribution < 1.29 is 22.4 Å². The van der Waals surface area contributed by atoms with Crippen molar-refractivity contribution in [3.63, 3.8) is 0 Å². The maximum Gasteiger partial charge on any atom is 0.410 e. The highest BCUT2D eigenvalue weighted by Crippen LogP contribution is 2.44. The number of nitrogens with one attached hydrogen (secondary N) is 1. The lowest BCUT2D eigenvalue weighted by Gasteiger charge is -2.36.